The quantitative estimate of drug-likeness (QED) is 0.504. The summed E-state index contributed by atoms with van der Waals surface area (Å²) in [6.45, 7) is 6.16. The molecule has 0 amide bonds. The fraction of sp³-hybridized carbons (Fsp3) is 0.360. The number of aryl methyl sites for hydroxylation is 1. The van der Waals surface area contributed by atoms with Gasteiger partial charge >= 0.3 is 12.2 Å². The van der Waals surface area contributed by atoms with E-state index in [1.54, 1.807) is 36.4 Å². The van der Waals surface area contributed by atoms with Crippen molar-refractivity contribution < 1.29 is 19.3 Å². The molecule has 1 aromatic heterocycles. The third-order valence-electron chi connectivity index (χ3n) is 5.86. The second-order valence-electron chi connectivity index (χ2n) is 8.56. The van der Waals surface area contributed by atoms with Gasteiger partial charge in [0.05, 0.1) is 0 Å². The lowest BCUT2D eigenvalue weighted by molar-refractivity contribution is -0.144. The van der Waals surface area contributed by atoms with Crippen molar-refractivity contribution >= 4 is 5.69 Å². The minimum Gasteiger partial charge on any atom is -0.424 e. The Bertz CT molecular complexity index is 1090. The predicted molar refractivity (Wildman–Crippen MR) is 127 cm³/mol. The molecule has 2 heterocycles. The number of hydrogen-bond donors (Lipinski definition) is 1. The first-order valence-corrected chi connectivity index (χ1v) is 11.2. The van der Waals surface area contributed by atoms with Gasteiger partial charge in [-0.1, -0.05) is 30.3 Å². The molecule has 9 heteroatoms. The van der Waals surface area contributed by atoms with E-state index in [2.05, 4.69) is 32.1 Å². The summed E-state index contributed by atoms with van der Waals surface area (Å²) in [4.78, 5) is 12.5. The molecular weight excluding hydrogens is 443 g/mol. The molecule has 1 fully saturated rings. The standard InChI is InChI=1S/C25H28F3N5O.H2/c1-18-7-8-21(16-22(18)34-24-29-9-4-10-30-24)31-23(25(26,27)28)20-6-3-5-19(15-20)17-33-13-11-32(2)12-14-33;/h3-10,15-16,23,31H,11-14,17H2,1-2H3;1H. The SMILES string of the molecule is Cc1ccc(NC(c2cccc(CN3CCN(C)CC3)c2)C(F)(F)F)cc1Oc1ncccn1.[HH]. The van der Waals surface area contributed by atoms with Crippen LogP contribution in [0, 0.1) is 6.92 Å². The van der Waals surface area contributed by atoms with Gasteiger partial charge < -0.3 is 15.0 Å². The molecule has 4 rings (SSSR count). The largest absolute Gasteiger partial charge is 0.424 e. The van der Waals surface area contributed by atoms with E-state index in [1.165, 1.54) is 18.5 Å². The first-order chi connectivity index (χ1) is 16.3. The van der Waals surface area contributed by atoms with Crippen LogP contribution >= 0.6 is 0 Å². The highest BCUT2D eigenvalue weighted by Crippen LogP contribution is 2.37. The van der Waals surface area contributed by atoms with Gasteiger partial charge in [0, 0.05) is 58.3 Å². The van der Waals surface area contributed by atoms with Crippen molar-refractivity contribution in [3.8, 4) is 11.8 Å². The minimum absolute atomic E-state index is 0. The van der Waals surface area contributed by atoms with Crippen molar-refractivity contribution in [3.05, 3.63) is 77.6 Å². The Morgan fingerprint density at radius 2 is 1.76 bits per heavy atom. The van der Waals surface area contributed by atoms with Gasteiger partial charge in [0.2, 0.25) is 0 Å². The second-order valence-corrected chi connectivity index (χ2v) is 8.56. The van der Waals surface area contributed by atoms with Crippen LogP contribution in [0.3, 0.4) is 0 Å². The number of likely N-dealkylation sites (N-methyl/N-ethyl adjacent to an activating group) is 1. The first kappa shape index (κ1) is 24.0. The fourth-order valence-corrected chi connectivity index (χ4v) is 3.89. The number of ether oxygens (including phenoxy) is 1. The van der Waals surface area contributed by atoms with Crippen LogP contribution in [0.2, 0.25) is 0 Å². The van der Waals surface area contributed by atoms with Crippen molar-refractivity contribution in [2.24, 2.45) is 0 Å². The monoisotopic (exact) mass is 473 g/mol. The molecule has 1 N–H and O–H groups in total. The van der Waals surface area contributed by atoms with E-state index in [0.29, 0.717) is 18.0 Å². The van der Waals surface area contributed by atoms with Crippen molar-refractivity contribution in [2.45, 2.75) is 25.7 Å². The van der Waals surface area contributed by atoms with Crippen molar-refractivity contribution in [2.75, 3.05) is 38.5 Å². The van der Waals surface area contributed by atoms with Crippen molar-refractivity contribution in [3.63, 3.8) is 0 Å². The maximum Gasteiger partial charge on any atom is 0.412 e. The molecule has 1 saturated heterocycles. The Labute approximate surface area is 198 Å². The van der Waals surface area contributed by atoms with Gasteiger partial charge in [-0.05, 0) is 42.8 Å². The number of piperazine rings is 1. The lowest BCUT2D eigenvalue weighted by atomic mass is 10.0. The van der Waals surface area contributed by atoms with E-state index < -0.39 is 12.2 Å². The van der Waals surface area contributed by atoms with E-state index in [4.69, 9.17) is 4.74 Å². The van der Waals surface area contributed by atoms with Crippen LogP contribution in [0.5, 0.6) is 11.8 Å². The fourth-order valence-electron chi connectivity index (χ4n) is 3.89. The first-order valence-electron chi connectivity index (χ1n) is 11.2. The van der Waals surface area contributed by atoms with E-state index in [-0.39, 0.29) is 13.0 Å². The van der Waals surface area contributed by atoms with Gasteiger partial charge in [-0.25, -0.2) is 9.97 Å². The Balaban J connectivity index is 0.00000342. The zero-order valence-electron chi connectivity index (χ0n) is 19.2. The van der Waals surface area contributed by atoms with E-state index in [9.17, 15) is 13.2 Å². The Kier molecular flexibility index (Phi) is 7.33. The van der Waals surface area contributed by atoms with Crippen LogP contribution in [0.25, 0.3) is 0 Å². The van der Waals surface area contributed by atoms with Crippen molar-refractivity contribution in [1.82, 2.24) is 19.8 Å². The molecule has 182 valence electrons. The van der Waals surface area contributed by atoms with E-state index in [0.717, 1.165) is 37.3 Å². The third kappa shape index (κ3) is 6.24. The maximum absolute atomic E-state index is 14.1. The molecule has 0 radical (unpaired) electrons. The van der Waals surface area contributed by atoms with Crippen LogP contribution in [0.1, 0.15) is 24.2 Å². The van der Waals surface area contributed by atoms with Gasteiger partial charge in [0.1, 0.15) is 11.8 Å². The number of nitrogens with one attached hydrogen (secondary N) is 1. The highest BCUT2D eigenvalue weighted by Gasteiger charge is 2.41. The summed E-state index contributed by atoms with van der Waals surface area (Å²) in [5.41, 5.74) is 2.10. The van der Waals surface area contributed by atoms with E-state index in [1.807, 2.05) is 13.0 Å². The Morgan fingerprint density at radius 1 is 1.03 bits per heavy atom. The number of alkyl halides is 3. The lowest BCUT2D eigenvalue weighted by Gasteiger charge is -2.32. The smallest absolute Gasteiger partial charge is 0.412 e. The molecular formula is C25H30F3N5O. The number of anilines is 1. The van der Waals surface area contributed by atoms with Gasteiger partial charge in [-0.2, -0.15) is 13.2 Å². The number of aromatic nitrogens is 2. The van der Waals surface area contributed by atoms with Gasteiger partial charge in [0.25, 0.3) is 0 Å². The predicted octanol–water partition coefficient (Wildman–Crippen LogP) is 5.29. The molecule has 0 aliphatic carbocycles. The molecule has 1 aliphatic heterocycles. The summed E-state index contributed by atoms with van der Waals surface area (Å²) in [5, 5.41) is 2.66. The molecule has 1 aliphatic rings. The number of halogens is 3. The molecule has 6 nitrogen and oxygen atoms in total. The summed E-state index contributed by atoms with van der Waals surface area (Å²) >= 11 is 0. The van der Waals surface area contributed by atoms with Gasteiger partial charge in [-0.15, -0.1) is 0 Å². The summed E-state index contributed by atoms with van der Waals surface area (Å²) in [6, 6.07) is 11.5. The van der Waals surface area contributed by atoms with Gasteiger partial charge in [-0.3, -0.25) is 4.90 Å². The number of nitrogens with zero attached hydrogens (tertiary/aromatic N) is 4. The Morgan fingerprint density at radius 3 is 2.47 bits per heavy atom. The topological polar surface area (TPSA) is 53.5 Å². The molecule has 0 bridgehead atoms. The minimum atomic E-state index is -4.49. The van der Waals surface area contributed by atoms with E-state index >= 15 is 0 Å². The summed E-state index contributed by atoms with van der Waals surface area (Å²) in [5.74, 6) is 0.390. The molecule has 0 saturated carbocycles. The maximum atomic E-state index is 14.1. The zero-order valence-corrected chi connectivity index (χ0v) is 19.2. The zero-order chi connectivity index (χ0) is 24.1. The normalized spacial score (nSPS) is 16.3. The molecule has 0 spiro atoms. The Hall–Kier alpha value is -3.17. The third-order valence-corrected chi connectivity index (χ3v) is 5.86. The highest BCUT2D eigenvalue weighted by atomic mass is 19.4. The number of rotatable bonds is 7. The highest BCUT2D eigenvalue weighted by molar-refractivity contribution is 5.54. The van der Waals surface area contributed by atoms with Crippen LogP contribution in [-0.2, 0) is 6.54 Å². The van der Waals surface area contributed by atoms with Crippen LogP contribution < -0.4 is 10.1 Å². The molecule has 1 unspecified atom stereocenters. The van der Waals surface area contributed by atoms with Crippen molar-refractivity contribution in [1.29, 1.82) is 0 Å². The summed E-state index contributed by atoms with van der Waals surface area (Å²) < 4.78 is 48.0. The van der Waals surface area contributed by atoms with Crippen LogP contribution in [0.15, 0.2) is 60.9 Å². The molecule has 3 aromatic rings. The number of benzene rings is 2. The molecule has 2 aromatic carbocycles. The second kappa shape index (κ2) is 10.4. The lowest BCUT2D eigenvalue weighted by Crippen LogP contribution is -2.43. The van der Waals surface area contributed by atoms with Crippen LogP contribution in [-0.4, -0.2) is 59.2 Å². The molecule has 34 heavy (non-hydrogen) atoms. The van der Waals surface area contributed by atoms with Gasteiger partial charge in [0.15, 0.2) is 0 Å². The van der Waals surface area contributed by atoms with Crippen LogP contribution in [0.4, 0.5) is 18.9 Å². The average molecular weight is 474 g/mol. The summed E-state index contributed by atoms with van der Waals surface area (Å²) in [7, 11) is 2.08. The average Bonchev–Trinajstić information content (AvgIpc) is 2.81. The number of hydrogen-bond acceptors (Lipinski definition) is 6. The summed E-state index contributed by atoms with van der Waals surface area (Å²) in [6.07, 6.45) is -1.41. The molecule has 1 atom stereocenters.